The minimum absolute atomic E-state index is 0.0752. The molecular formula is C24H28FN3O4S. The average Bonchev–Trinajstić information content (AvgIpc) is 2.79. The Labute approximate surface area is 193 Å². The molecule has 1 atom stereocenters. The summed E-state index contributed by atoms with van der Waals surface area (Å²) in [6.07, 6.45) is 2.92. The van der Waals surface area contributed by atoms with Crippen LogP contribution in [-0.4, -0.2) is 32.8 Å². The number of rotatable bonds is 6. The molecule has 7 nitrogen and oxygen atoms in total. The monoisotopic (exact) mass is 473 g/mol. The topological polar surface area (TPSA) is 104 Å². The van der Waals surface area contributed by atoms with Crippen LogP contribution in [0.3, 0.4) is 0 Å². The van der Waals surface area contributed by atoms with Crippen molar-refractivity contribution in [2.75, 3.05) is 6.54 Å². The van der Waals surface area contributed by atoms with Crippen molar-refractivity contribution >= 4 is 21.8 Å². The van der Waals surface area contributed by atoms with Crippen molar-refractivity contribution in [2.45, 2.75) is 56.0 Å². The molecule has 0 spiro atoms. The molecule has 2 aliphatic rings. The van der Waals surface area contributed by atoms with Gasteiger partial charge >= 0.3 is 0 Å². The van der Waals surface area contributed by atoms with Crippen LogP contribution in [0.1, 0.15) is 60.1 Å². The molecule has 0 saturated heterocycles. The van der Waals surface area contributed by atoms with E-state index in [-0.39, 0.29) is 40.5 Å². The molecule has 176 valence electrons. The van der Waals surface area contributed by atoms with Gasteiger partial charge in [-0.1, -0.05) is 18.2 Å². The van der Waals surface area contributed by atoms with Gasteiger partial charge in [0.05, 0.1) is 10.9 Å². The van der Waals surface area contributed by atoms with Crippen LogP contribution in [0.15, 0.2) is 47.4 Å². The van der Waals surface area contributed by atoms with Gasteiger partial charge < -0.3 is 10.6 Å². The molecule has 0 bridgehead atoms. The van der Waals surface area contributed by atoms with E-state index in [0.29, 0.717) is 44.2 Å². The Hall–Kier alpha value is -2.78. The summed E-state index contributed by atoms with van der Waals surface area (Å²) in [5, 5.41) is 5.70. The van der Waals surface area contributed by atoms with Crippen LogP contribution in [-0.2, 0) is 21.2 Å². The van der Waals surface area contributed by atoms with Crippen molar-refractivity contribution in [2.24, 2.45) is 5.92 Å². The number of fused-ring (bicyclic) bond motifs is 1. The van der Waals surface area contributed by atoms with Gasteiger partial charge in [0.1, 0.15) is 5.82 Å². The number of carbonyl (C=O) groups excluding carboxylic acids is 2. The highest BCUT2D eigenvalue weighted by atomic mass is 32.2. The third-order valence-electron chi connectivity index (χ3n) is 6.46. The van der Waals surface area contributed by atoms with Crippen LogP contribution in [0.5, 0.6) is 0 Å². The van der Waals surface area contributed by atoms with Gasteiger partial charge in [-0.25, -0.2) is 17.5 Å². The van der Waals surface area contributed by atoms with E-state index in [0.717, 1.165) is 11.1 Å². The summed E-state index contributed by atoms with van der Waals surface area (Å²) in [5.74, 6) is -0.846. The molecule has 3 N–H and O–H groups in total. The fraction of sp³-hybridized carbons (Fsp3) is 0.417. The first-order chi connectivity index (χ1) is 15.7. The van der Waals surface area contributed by atoms with E-state index in [1.54, 1.807) is 18.2 Å². The zero-order valence-corrected chi connectivity index (χ0v) is 19.3. The summed E-state index contributed by atoms with van der Waals surface area (Å²) < 4.78 is 41.6. The maximum Gasteiger partial charge on any atom is 0.251 e. The molecule has 1 aliphatic heterocycles. The molecule has 9 heteroatoms. The lowest BCUT2D eigenvalue weighted by atomic mass is 9.85. The Morgan fingerprint density at radius 2 is 1.79 bits per heavy atom. The molecule has 1 fully saturated rings. The quantitative estimate of drug-likeness (QED) is 0.600. The van der Waals surface area contributed by atoms with E-state index in [1.807, 2.05) is 6.92 Å². The van der Waals surface area contributed by atoms with E-state index in [2.05, 4.69) is 15.4 Å². The SMILES string of the molecule is C[C@@H](NC(=O)[C@H]1CC[C@H](NS(=O)(=O)c2ccc3c(c2)C(=O)NCC3)CC1)c1ccc(F)cc1. The molecule has 2 amide bonds. The van der Waals surface area contributed by atoms with Crippen LogP contribution in [0, 0.1) is 11.7 Å². The molecule has 1 saturated carbocycles. The zero-order chi connectivity index (χ0) is 23.6. The number of hydrogen-bond donors (Lipinski definition) is 3. The first-order valence-corrected chi connectivity index (χ1v) is 12.7. The van der Waals surface area contributed by atoms with Crippen molar-refractivity contribution in [3.8, 4) is 0 Å². The van der Waals surface area contributed by atoms with Gasteiger partial charge in [-0.05, 0) is 74.4 Å². The predicted molar refractivity (Wildman–Crippen MR) is 122 cm³/mol. The third-order valence-corrected chi connectivity index (χ3v) is 7.98. The first kappa shape index (κ1) is 23.4. The van der Waals surface area contributed by atoms with Gasteiger partial charge in [0.15, 0.2) is 0 Å². The van der Waals surface area contributed by atoms with Crippen molar-refractivity contribution < 1.29 is 22.4 Å². The minimum atomic E-state index is -3.77. The fourth-order valence-corrected chi connectivity index (χ4v) is 5.82. The van der Waals surface area contributed by atoms with E-state index in [9.17, 15) is 22.4 Å². The Bertz CT molecular complexity index is 1140. The van der Waals surface area contributed by atoms with Gasteiger partial charge in [0.2, 0.25) is 15.9 Å². The second kappa shape index (κ2) is 9.61. The lowest BCUT2D eigenvalue weighted by Gasteiger charge is -2.29. The molecule has 2 aromatic rings. The number of carbonyl (C=O) groups is 2. The zero-order valence-electron chi connectivity index (χ0n) is 18.4. The number of nitrogens with one attached hydrogen (secondary N) is 3. The molecule has 0 unspecified atom stereocenters. The normalized spacial score (nSPS) is 21.6. The van der Waals surface area contributed by atoms with Crippen LogP contribution in [0.2, 0.25) is 0 Å². The lowest BCUT2D eigenvalue weighted by molar-refractivity contribution is -0.126. The average molecular weight is 474 g/mol. The minimum Gasteiger partial charge on any atom is -0.352 e. The molecule has 1 heterocycles. The summed E-state index contributed by atoms with van der Waals surface area (Å²) in [5.41, 5.74) is 2.07. The van der Waals surface area contributed by atoms with Gasteiger partial charge in [0.25, 0.3) is 5.91 Å². The summed E-state index contributed by atoms with van der Waals surface area (Å²) in [7, 11) is -3.77. The molecule has 0 aromatic heterocycles. The van der Waals surface area contributed by atoms with Gasteiger partial charge in [-0.2, -0.15) is 0 Å². The maximum absolute atomic E-state index is 13.1. The Kier molecular flexibility index (Phi) is 6.81. The number of hydrogen-bond acceptors (Lipinski definition) is 4. The molecule has 2 aromatic carbocycles. The van der Waals surface area contributed by atoms with E-state index in [4.69, 9.17) is 0 Å². The lowest BCUT2D eigenvalue weighted by Crippen LogP contribution is -2.41. The second-order valence-corrected chi connectivity index (χ2v) is 10.5. The molecular weight excluding hydrogens is 445 g/mol. The molecule has 4 rings (SSSR count). The van der Waals surface area contributed by atoms with E-state index < -0.39 is 10.0 Å². The van der Waals surface area contributed by atoms with Gasteiger partial charge in [0, 0.05) is 24.1 Å². The van der Waals surface area contributed by atoms with E-state index >= 15 is 0 Å². The summed E-state index contributed by atoms with van der Waals surface area (Å²) in [6, 6.07) is 10.2. The Morgan fingerprint density at radius 1 is 1.09 bits per heavy atom. The number of benzene rings is 2. The highest BCUT2D eigenvalue weighted by Gasteiger charge is 2.30. The molecule has 0 radical (unpaired) electrons. The summed E-state index contributed by atoms with van der Waals surface area (Å²) in [6.45, 7) is 2.40. The van der Waals surface area contributed by atoms with Crippen LogP contribution in [0.25, 0.3) is 0 Å². The Morgan fingerprint density at radius 3 is 2.48 bits per heavy atom. The van der Waals surface area contributed by atoms with Crippen LogP contribution < -0.4 is 15.4 Å². The Balaban J connectivity index is 1.32. The fourth-order valence-electron chi connectivity index (χ4n) is 4.48. The van der Waals surface area contributed by atoms with Crippen molar-refractivity contribution in [3.05, 3.63) is 65.0 Å². The van der Waals surface area contributed by atoms with Gasteiger partial charge in [-0.15, -0.1) is 0 Å². The highest BCUT2D eigenvalue weighted by Crippen LogP contribution is 2.27. The van der Waals surface area contributed by atoms with Crippen molar-refractivity contribution in [1.29, 1.82) is 0 Å². The largest absolute Gasteiger partial charge is 0.352 e. The van der Waals surface area contributed by atoms with Crippen LogP contribution in [0.4, 0.5) is 4.39 Å². The number of amides is 2. The highest BCUT2D eigenvalue weighted by molar-refractivity contribution is 7.89. The maximum atomic E-state index is 13.1. The third kappa shape index (κ3) is 5.42. The van der Waals surface area contributed by atoms with Gasteiger partial charge in [-0.3, -0.25) is 9.59 Å². The van der Waals surface area contributed by atoms with Crippen molar-refractivity contribution in [1.82, 2.24) is 15.4 Å². The van der Waals surface area contributed by atoms with Crippen LogP contribution >= 0.6 is 0 Å². The number of sulfonamides is 1. The van der Waals surface area contributed by atoms with E-state index in [1.165, 1.54) is 24.3 Å². The predicted octanol–water partition coefficient (Wildman–Crippen LogP) is 2.83. The molecule has 1 aliphatic carbocycles. The summed E-state index contributed by atoms with van der Waals surface area (Å²) >= 11 is 0. The first-order valence-electron chi connectivity index (χ1n) is 11.2. The molecule has 33 heavy (non-hydrogen) atoms. The standard InChI is InChI=1S/C24H28FN3O4S/c1-15(16-2-7-19(25)8-3-16)27-23(29)18-4-9-20(10-5-18)28-33(31,32)21-11-6-17-12-13-26-24(30)22(17)14-21/h2-3,6-8,11,14-15,18,20,28H,4-5,9-10,12-13H2,1H3,(H,26,30)(H,27,29)/t15-,18-,20-/m1/s1. The summed E-state index contributed by atoms with van der Waals surface area (Å²) in [4.78, 5) is 24.8. The smallest absolute Gasteiger partial charge is 0.251 e. The second-order valence-electron chi connectivity index (χ2n) is 8.78. The van der Waals surface area contributed by atoms with Crippen molar-refractivity contribution in [3.63, 3.8) is 0 Å². The number of halogens is 1.